The van der Waals surface area contributed by atoms with Crippen LogP contribution in [0.4, 0.5) is 0 Å². The number of hydrogen-bond donors (Lipinski definition) is 0. The smallest absolute Gasteiger partial charge is 0.305 e. The van der Waals surface area contributed by atoms with E-state index in [4.69, 9.17) is 14.2 Å². The molecule has 5 nitrogen and oxygen atoms in total. The summed E-state index contributed by atoms with van der Waals surface area (Å²) in [6, 6.07) is 7.20. The van der Waals surface area contributed by atoms with Crippen molar-refractivity contribution in [1.29, 1.82) is 0 Å². The van der Waals surface area contributed by atoms with E-state index >= 15 is 0 Å². The molecule has 0 saturated carbocycles. The summed E-state index contributed by atoms with van der Waals surface area (Å²) in [5.41, 5.74) is -0.354. The maximum Gasteiger partial charge on any atom is 0.305 e. The Morgan fingerprint density at radius 1 is 1.26 bits per heavy atom. The summed E-state index contributed by atoms with van der Waals surface area (Å²) in [6.45, 7) is 4.47. The molecule has 0 bridgehead atoms. The van der Waals surface area contributed by atoms with Crippen molar-refractivity contribution in [3.8, 4) is 5.75 Å². The zero-order valence-electron chi connectivity index (χ0n) is 11.1. The normalized spacial score (nSPS) is 24.3. The van der Waals surface area contributed by atoms with Crippen molar-refractivity contribution >= 4 is 11.9 Å². The fraction of sp³-hybridized carbons (Fsp3) is 0.429. The van der Waals surface area contributed by atoms with Crippen LogP contribution in [0.3, 0.4) is 0 Å². The predicted molar refractivity (Wildman–Crippen MR) is 66.4 cm³/mol. The Morgan fingerprint density at radius 3 is 2.53 bits per heavy atom. The zero-order valence-corrected chi connectivity index (χ0v) is 11.1. The van der Waals surface area contributed by atoms with Crippen molar-refractivity contribution in [1.82, 2.24) is 0 Å². The Hall–Kier alpha value is -2.04. The first-order chi connectivity index (χ1) is 8.99. The van der Waals surface area contributed by atoms with Gasteiger partial charge in [0, 0.05) is 19.4 Å². The maximum atomic E-state index is 11.4. The summed E-state index contributed by atoms with van der Waals surface area (Å²) in [6.07, 6.45) is -0.502. The van der Waals surface area contributed by atoms with Gasteiger partial charge in [-0.15, -0.1) is 0 Å². The zero-order chi connectivity index (χ0) is 14.0. The lowest BCUT2D eigenvalue weighted by molar-refractivity contribution is -0.212. The van der Waals surface area contributed by atoms with Gasteiger partial charge >= 0.3 is 11.9 Å². The third-order valence-electron chi connectivity index (χ3n) is 3.08. The van der Waals surface area contributed by atoms with Crippen molar-refractivity contribution in [2.45, 2.75) is 39.1 Å². The second-order valence-corrected chi connectivity index (χ2v) is 4.39. The van der Waals surface area contributed by atoms with Gasteiger partial charge in [0.15, 0.2) is 0 Å². The number of rotatable bonds is 3. The van der Waals surface area contributed by atoms with Crippen LogP contribution in [0.15, 0.2) is 24.3 Å². The molecule has 19 heavy (non-hydrogen) atoms. The highest BCUT2D eigenvalue weighted by Gasteiger charge is 2.53. The van der Waals surface area contributed by atoms with Crippen molar-refractivity contribution in [3.63, 3.8) is 0 Å². The first-order valence-corrected chi connectivity index (χ1v) is 6.12. The lowest BCUT2D eigenvalue weighted by Crippen LogP contribution is -2.44. The molecule has 102 valence electrons. The number of hydrogen-bond acceptors (Lipinski definition) is 5. The molecule has 0 unspecified atom stereocenters. The molecule has 0 amide bonds. The van der Waals surface area contributed by atoms with Crippen molar-refractivity contribution in [2.75, 3.05) is 0 Å². The number of benzene rings is 1. The van der Waals surface area contributed by atoms with Gasteiger partial charge in [0.25, 0.3) is 6.29 Å². The molecule has 1 aliphatic heterocycles. The standard InChI is InChI=1S/C14H16O5/c1-4-14(19-10(3)16)11-7-5-6-8-12(11)18-13(14)17-9(2)15/h5-8,13H,4H2,1-3H3/t13-,14-/m0/s1. The quantitative estimate of drug-likeness (QED) is 0.783. The molecular formula is C14H16O5. The summed E-state index contributed by atoms with van der Waals surface area (Å²) in [7, 11) is 0. The first kappa shape index (κ1) is 13.4. The third kappa shape index (κ3) is 2.28. The SMILES string of the molecule is CC[C@]1(OC(C)=O)c2ccccc2O[C@@H]1OC(C)=O. The van der Waals surface area contributed by atoms with E-state index in [0.717, 1.165) is 5.56 Å². The lowest BCUT2D eigenvalue weighted by Gasteiger charge is -2.31. The number of para-hydroxylation sites is 1. The van der Waals surface area contributed by atoms with Crippen molar-refractivity contribution in [2.24, 2.45) is 0 Å². The molecule has 1 aromatic carbocycles. The predicted octanol–water partition coefficient (Wildman–Crippen LogP) is 2.14. The molecule has 0 radical (unpaired) electrons. The molecule has 1 heterocycles. The Balaban J connectivity index is 2.47. The molecule has 5 heteroatoms. The van der Waals surface area contributed by atoms with Gasteiger partial charge < -0.3 is 14.2 Å². The second-order valence-electron chi connectivity index (χ2n) is 4.39. The van der Waals surface area contributed by atoms with E-state index in [1.807, 2.05) is 25.1 Å². The van der Waals surface area contributed by atoms with Gasteiger partial charge in [-0.1, -0.05) is 25.1 Å². The van der Waals surface area contributed by atoms with Gasteiger partial charge in [0.05, 0.1) is 0 Å². The van der Waals surface area contributed by atoms with Crippen LogP contribution in [0.25, 0.3) is 0 Å². The largest absolute Gasteiger partial charge is 0.450 e. The van der Waals surface area contributed by atoms with E-state index in [2.05, 4.69) is 0 Å². The van der Waals surface area contributed by atoms with Crippen molar-refractivity contribution in [3.05, 3.63) is 29.8 Å². The van der Waals surface area contributed by atoms with Crippen molar-refractivity contribution < 1.29 is 23.8 Å². The van der Waals surface area contributed by atoms with Crippen LogP contribution in [-0.4, -0.2) is 18.2 Å². The van der Waals surface area contributed by atoms with Crippen LogP contribution in [0, 0.1) is 0 Å². The number of ether oxygens (including phenoxy) is 3. The Morgan fingerprint density at radius 2 is 1.95 bits per heavy atom. The average molecular weight is 264 g/mol. The van der Waals surface area contributed by atoms with Gasteiger partial charge in [-0.2, -0.15) is 0 Å². The van der Waals surface area contributed by atoms with Crippen LogP contribution in [-0.2, 0) is 24.7 Å². The Bertz CT molecular complexity index is 510. The highest BCUT2D eigenvalue weighted by atomic mass is 16.7. The minimum atomic E-state index is -1.08. The first-order valence-electron chi connectivity index (χ1n) is 6.12. The van der Waals surface area contributed by atoms with Crippen LogP contribution in [0.1, 0.15) is 32.8 Å². The topological polar surface area (TPSA) is 61.8 Å². The Labute approximate surface area is 111 Å². The summed E-state index contributed by atoms with van der Waals surface area (Å²) >= 11 is 0. The van der Waals surface area contributed by atoms with Crippen LogP contribution < -0.4 is 4.74 Å². The highest BCUT2D eigenvalue weighted by molar-refractivity contribution is 5.68. The summed E-state index contributed by atoms with van der Waals surface area (Å²) in [4.78, 5) is 22.6. The number of carbonyl (C=O) groups excluding carboxylic acids is 2. The van der Waals surface area contributed by atoms with E-state index in [1.54, 1.807) is 6.07 Å². The minimum absolute atomic E-state index is 0.445. The molecule has 2 atom stereocenters. The van der Waals surface area contributed by atoms with Crippen LogP contribution in [0.2, 0.25) is 0 Å². The summed E-state index contributed by atoms with van der Waals surface area (Å²) in [5, 5.41) is 0. The van der Waals surface area contributed by atoms with Crippen LogP contribution >= 0.6 is 0 Å². The van der Waals surface area contributed by atoms with E-state index in [0.29, 0.717) is 12.2 Å². The molecular weight excluding hydrogens is 248 g/mol. The molecule has 0 aromatic heterocycles. The molecule has 2 rings (SSSR count). The molecule has 0 fully saturated rings. The highest BCUT2D eigenvalue weighted by Crippen LogP contribution is 2.46. The van der Waals surface area contributed by atoms with E-state index in [1.165, 1.54) is 13.8 Å². The van der Waals surface area contributed by atoms with Gasteiger partial charge in [-0.05, 0) is 12.5 Å². The number of carbonyl (C=O) groups is 2. The van der Waals surface area contributed by atoms with E-state index in [-0.39, 0.29) is 0 Å². The Kier molecular flexibility index (Phi) is 3.46. The molecule has 0 saturated heterocycles. The lowest BCUT2D eigenvalue weighted by atomic mass is 9.91. The molecule has 0 spiro atoms. The van der Waals surface area contributed by atoms with E-state index < -0.39 is 23.8 Å². The van der Waals surface area contributed by atoms with Gasteiger partial charge in [-0.25, -0.2) is 0 Å². The monoisotopic (exact) mass is 264 g/mol. The number of fused-ring (bicyclic) bond motifs is 1. The molecule has 1 aliphatic rings. The second kappa shape index (κ2) is 4.91. The summed E-state index contributed by atoms with van der Waals surface area (Å²) < 4.78 is 16.2. The maximum absolute atomic E-state index is 11.4. The van der Waals surface area contributed by atoms with Gasteiger partial charge in [-0.3, -0.25) is 9.59 Å². The fourth-order valence-electron chi connectivity index (χ4n) is 2.32. The number of esters is 2. The van der Waals surface area contributed by atoms with Gasteiger partial charge in [0.2, 0.25) is 5.60 Å². The minimum Gasteiger partial charge on any atom is -0.450 e. The molecule has 1 aromatic rings. The average Bonchev–Trinajstić information content (AvgIpc) is 2.63. The van der Waals surface area contributed by atoms with Gasteiger partial charge in [0.1, 0.15) is 5.75 Å². The summed E-state index contributed by atoms with van der Waals surface area (Å²) in [5.74, 6) is -0.362. The third-order valence-corrected chi connectivity index (χ3v) is 3.08. The molecule has 0 aliphatic carbocycles. The fourth-order valence-corrected chi connectivity index (χ4v) is 2.32. The van der Waals surface area contributed by atoms with Crippen LogP contribution in [0.5, 0.6) is 5.75 Å². The molecule has 0 N–H and O–H groups in total. The van der Waals surface area contributed by atoms with E-state index in [9.17, 15) is 9.59 Å².